The third-order valence-electron chi connectivity index (χ3n) is 4.11. The van der Waals surface area contributed by atoms with Gasteiger partial charge in [0.15, 0.2) is 0 Å². The van der Waals surface area contributed by atoms with Crippen molar-refractivity contribution in [3.63, 3.8) is 0 Å². The molecule has 0 aliphatic carbocycles. The molecular weight excluding hydrogens is 284 g/mol. The summed E-state index contributed by atoms with van der Waals surface area (Å²) in [6.07, 6.45) is 0.966. The quantitative estimate of drug-likeness (QED) is 0.740. The molecule has 0 aliphatic heterocycles. The first-order valence-corrected chi connectivity index (χ1v) is 8.04. The average molecular weight is 306 g/mol. The summed E-state index contributed by atoms with van der Waals surface area (Å²) >= 11 is 0. The number of aromatic nitrogens is 2. The van der Waals surface area contributed by atoms with Crippen LogP contribution in [0.1, 0.15) is 24.5 Å². The van der Waals surface area contributed by atoms with Gasteiger partial charge in [0, 0.05) is 12.1 Å². The molecule has 0 radical (unpaired) electrons. The van der Waals surface area contributed by atoms with Crippen LogP contribution in [0, 0.1) is 13.8 Å². The van der Waals surface area contributed by atoms with Crippen LogP contribution in [0.3, 0.4) is 0 Å². The fourth-order valence-electron chi connectivity index (χ4n) is 2.92. The lowest BCUT2D eigenvalue weighted by atomic mass is 9.97. The lowest BCUT2D eigenvalue weighted by molar-refractivity contribution is 0.438. The van der Waals surface area contributed by atoms with Crippen LogP contribution in [0.2, 0.25) is 0 Å². The number of aryl methyl sites for hydroxylation is 3. The molecule has 118 valence electrons. The van der Waals surface area contributed by atoms with Crippen molar-refractivity contribution in [1.82, 2.24) is 9.78 Å². The van der Waals surface area contributed by atoms with Crippen molar-refractivity contribution in [2.75, 3.05) is 0 Å². The van der Waals surface area contributed by atoms with Crippen LogP contribution in [-0.4, -0.2) is 14.9 Å². The van der Waals surface area contributed by atoms with Gasteiger partial charge in [-0.15, -0.1) is 5.10 Å². The van der Waals surface area contributed by atoms with E-state index in [1.807, 2.05) is 28.9 Å². The molecule has 0 amide bonds. The number of benzene rings is 2. The van der Waals surface area contributed by atoms with Crippen molar-refractivity contribution in [1.29, 1.82) is 0 Å². The van der Waals surface area contributed by atoms with E-state index >= 15 is 0 Å². The maximum Gasteiger partial charge on any atom is 0.238 e. The predicted octanol–water partition coefficient (Wildman–Crippen LogP) is 4.95. The molecule has 1 N–H and O–H groups in total. The lowest BCUT2D eigenvalue weighted by Crippen LogP contribution is -2.02. The molecule has 0 saturated carbocycles. The number of hydrogen-bond acceptors (Lipinski definition) is 2. The fourth-order valence-corrected chi connectivity index (χ4v) is 2.92. The normalized spacial score (nSPS) is 10.9. The minimum Gasteiger partial charge on any atom is -0.492 e. The Morgan fingerprint density at radius 2 is 1.70 bits per heavy atom. The largest absolute Gasteiger partial charge is 0.492 e. The molecule has 1 aromatic heterocycles. The first-order valence-electron chi connectivity index (χ1n) is 8.04. The van der Waals surface area contributed by atoms with Gasteiger partial charge >= 0.3 is 0 Å². The number of rotatable bonds is 4. The topological polar surface area (TPSA) is 38.0 Å². The van der Waals surface area contributed by atoms with Gasteiger partial charge in [-0.25, -0.2) is 0 Å². The van der Waals surface area contributed by atoms with E-state index in [-0.39, 0.29) is 5.88 Å². The summed E-state index contributed by atoms with van der Waals surface area (Å²) in [5, 5.41) is 14.9. The molecule has 0 unspecified atom stereocenters. The molecule has 1 heterocycles. The molecule has 0 spiro atoms. The summed E-state index contributed by atoms with van der Waals surface area (Å²) in [7, 11) is 0. The molecule has 23 heavy (non-hydrogen) atoms. The van der Waals surface area contributed by atoms with Crippen molar-refractivity contribution in [3.8, 4) is 28.3 Å². The Morgan fingerprint density at radius 1 is 1.00 bits per heavy atom. The first-order chi connectivity index (χ1) is 11.1. The highest BCUT2D eigenvalue weighted by molar-refractivity contribution is 5.85. The van der Waals surface area contributed by atoms with Crippen molar-refractivity contribution in [3.05, 3.63) is 59.7 Å². The van der Waals surface area contributed by atoms with Crippen molar-refractivity contribution >= 4 is 0 Å². The summed E-state index contributed by atoms with van der Waals surface area (Å²) in [6.45, 7) is 7.05. The Morgan fingerprint density at radius 3 is 2.35 bits per heavy atom. The highest BCUT2D eigenvalue weighted by Gasteiger charge is 2.21. The van der Waals surface area contributed by atoms with Crippen molar-refractivity contribution in [2.45, 2.75) is 33.7 Å². The van der Waals surface area contributed by atoms with Gasteiger partial charge in [-0.2, -0.15) is 0 Å². The molecule has 3 aromatic rings. The third-order valence-corrected chi connectivity index (χ3v) is 4.11. The van der Waals surface area contributed by atoms with Crippen LogP contribution >= 0.6 is 0 Å². The van der Waals surface area contributed by atoms with E-state index < -0.39 is 0 Å². The molecule has 3 heteroatoms. The Bertz CT molecular complexity index is 816. The van der Waals surface area contributed by atoms with E-state index in [9.17, 15) is 5.11 Å². The highest BCUT2D eigenvalue weighted by Crippen LogP contribution is 2.39. The minimum absolute atomic E-state index is 0.0977. The van der Waals surface area contributed by atoms with E-state index in [2.05, 4.69) is 50.1 Å². The van der Waals surface area contributed by atoms with E-state index in [1.54, 1.807) is 0 Å². The third kappa shape index (κ3) is 2.87. The molecule has 0 saturated heterocycles. The van der Waals surface area contributed by atoms with Crippen LogP contribution in [0.4, 0.5) is 0 Å². The number of hydrogen-bond donors (Lipinski definition) is 1. The monoisotopic (exact) mass is 306 g/mol. The average Bonchev–Trinajstić information content (AvgIpc) is 2.85. The molecule has 3 rings (SSSR count). The van der Waals surface area contributed by atoms with Gasteiger partial charge in [-0.1, -0.05) is 61.0 Å². The zero-order chi connectivity index (χ0) is 16.4. The zero-order valence-corrected chi connectivity index (χ0v) is 13.9. The van der Waals surface area contributed by atoms with Gasteiger partial charge in [0.2, 0.25) is 5.88 Å². The second-order valence-electron chi connectivity index (χ2n) is 5.95. The maximum atomic E-state index is 10.5. The van der Waals surface area contributed by atoms with E-state index in [4.69, 9.17) is 0 Å². The molecular formula is C20H22N2O. The molecule has 2 aromatic carbocycles. The van der Waals surface area contributed by atoms with E-state index in [1.165, 1.54) is 11.1 Å². The standard InChI is InChI=1S/C20H22N2O/c1-4-13-22-19(17-8-6-5-7-15(17)3)18(20(23)21-22)16-11-9-14(2)10-12-16/h5-12H,4,13H2,1-3H3,(H,21,23). The minimum atomic E-state index is 0.0977. The van der Waals surface area contributed by atoms with Crippen LogP contribution in [-0.2, 0) is 6.54 Å². The van der Waals surface area contributed by atoms with Crippen molar-refractivity contribution < 1.29 is 5.11 Å². The smallest absolute Gasteiger partial charge is 0.238 e. The first kappa shape index (κ1) is 15.3. The van der Waals surface area contributed by atoms with Crippen LogP contribution in [0.5, 0.6) is 5.88 Å². The Labute approximate surface area is 137 Å². The highest BCUT2D eigenvalue weighted by atomic mass is 16.3. The number of aromatic hydroxyl groups is 1. The Hall–Kier alpha value is -2.55. The summed E-state index contributed by atoms with van der Waals surface area (Å²) < 4.78 is 1.92. The lowest BCUT2D eigenvalue weighted by Gasteiger charge is -2.11. The fraction of sp³-hybridized carbons (Fsp3) is 0.250. The Kier molecular flexibility index (Phi) is 4.20. The van der Waals surface area contributed by atoms with Gasteiger partial charge in [-0.3, -0.25) is 4.68 Å². The summed E-state index contributed by atoms with van der Waals surface area (Å²) in [4.78, 5) is 0. The molecule has 0 atom stereocenters. The summed E-state index contributed by atoms with van der Waals surface area (Å²) in [6, 6.07) is 16.5. The van der Waals surface area contributed by atoms with Crippen LogP contribution < -0.4 is 0 Å². The molecule has 3 nitrogen and oxygen atoms in total. The second kappa shape index (κ2) is 6.29. The van der Waals surface area contributed by atoms with Gasteiger partial charge in [-0.05, 0) is 31.4 Å². The number of nitrogens with zero attached hydrogens (tertiary/aromatic N) is 2. The summed E-state index contributed by atoms with van der Waals surface area (Å²) in [5.74, 6) is 0.0977. The van der Waals surface area contributed by atoms with E-state index in [0.29, 0.717) is 0 Å². The van der Waals surface area contributed by atoms with Crippen LogP contribution in [0.25, 0.3) is 22.4 Å². The van der Waals surface area contributed by atoms with Gasteiger partial charge in [0.1, 0.15) is 0 Å². The Balaban J connectivity index is 2.27. The molecule has 0 aliphatic rings. The van der Waals surface area contributed by atoms with E-state index in [0.717, 1.165) is 35.3 Å². The predicted molar refractivity (Wildman–Crippen MR) is 94.5 cm³/mol. The molecule has 0 bridgehead atoms. The van der Waals surface area contributed by atoms with Gasteiger partial charge in [0.05, 0.1) is 11.3 Å². The SMILES string of the molecule is CCCn1nc(O)c(-c2ccc(C)cc2)c1-c1ccccc1C. The summed E-state index contributed by atoms with van der Waals surface area (Å²) in [5.41, 5.74) is 6.29. The van der Waals surface area contributed by atoms with Gasteiger partial charge < -0.3 is 5.11 Å². The maximum absolute atomic E-state index is 10.5. The van der Waals surface area contributed by atoms with Gasteiger partial charge in [0.25, 0.3) is 0 Å². The van der Waals surface area contributed by atoms with Crippen molar-refractivity contribution in [2.24, 2.45) is 0 Å². The zero-order valence-electron chi connectivity index (χ0n) is 13.9. The van der Waals surface area contributed by atoms with Crippen LogP contribution in [0.15, 0.2) is 48.5 Å². The second-order valence-corrected chi connectivity index (χ2v) is 5.95. The molecule has 0 fully saturated rings.